The summed E-state index contributed by atoms with van der Waals surface area (Å²) in [5.74, 6) is 0.901. The van der Waals surface area contributed by atoms with Crippen molar-refractivity contribution in [2.45, 2.75) is 6.04 Å². The average molecular weight is 277 g/mol. The maximum absolute atomic E-state index is 5.86. The van der Waals surface area contributed by atoms with Crippen LogP contribution in [0.4, 0.5) is 0 Å². The van der Waals surface area contributed by atoms with Crippen molar-refractivity contribution in [1.82, 2.24) is 5.32 Å². The molecule has 0 saturated heterocycles. The Labute approximate surface area is 125 Å². The van der Waals surface area contributed by atoms with Crippen molar-refractivity contribution in [3.8, 4) is 5.75 Å². The van der Waals surface area contributed by atoms with Crippen LogP contribution in [0.15, 0.2) is 72.8 Å². The van der Waals surface area contributed by atoms with Crippen LogP contribution in [0, 0.1) is 0 Å². The Balaban J connectivity index is 1.78. The molecule has 0 aromatic heterocycles. The smallest absolute Gasteiger partial charge is 0.119 e. The van der Waals surface area contributed by atoms with Gasteiger partial charge in [-0.3, -0.25) is 0 Å². The third kappa shape index (κ3) is 3.23. The molecule has 0 aliphatic heterocycles. The maximum atomic E-state index is 5.86. The van der Waals surface area contributed by atoms with E-state index in [1.54, 1.807) is 0 Å². The highest BCUT2D eigenvalue weighted by molar-refractivity contribution is 5.83. The molecule has 0 spiro atoms. The molecule has 106 valence electrons. The van der Waals surface area contributed by atoms with Crippen LogP contribution in [0.1, 0.15) is 11.6 Å². The summed E-state index contributed by atoms with van der Waals surface area (Å²) < 4.78 is 5.86. The Bertz CT molecular complexity index is 709. The quantitative estimate of drug-likeness (QED) is 0.755. The van der Waals surface area contributed by atoms with E-state index in [9.17, 15) is 0 Å². The van der Waals surface area contributed by atoms with Crippen LogP contribution in [0.5, 0.6) is 5.75 Å². The van der Waals surface area contributed by atoms with E-state index in [1.807, 2.05) is 37.4 Å². The normalized spacial score (nSPS) is 12.2. The molecule has 1 N–H and O–H groups in total. The van der Waals surface area contributed by atoms with E-state index in [-0.39, 0.29) is 6.04 Å². The number of para-hydroxylation sites is 1. The summed E-state index contributed by atoms with van der Waals surface area (Å²) in [6.07, 6.45) is 0. The van der Waals surface area contributed by atoms with Gasteiger partial charge in [-0.25, -0.2) is 0 Å². The van der Waals surface area contributed by atoms with E-state index >= 15 is 0 Å². The van der Waals surface area contributed by atoms with Gasteiger partial charge in [-0.15, -0.1) is 0 Å². The van der Waals surface area contributed by atoms with Crippen LogP contribution in [-0.2, 0) is 0 Å². The molecule has 0 radical (unpaired) electrons. The second kappa shape index (κ2) is 6.42. The highest BCUT2D eigenvalue weighted by Crippen LogP contribution is 2.21. The number of fused-ring (bicyclic) bond motifs is 1. The molecule has 0 aliphatic rings. The van der Waals surface area contributed by atoms with Crippen molar-refractivity contribution in [1.29, 1.82) is 0 Å². The summed E-state index contributed by atoms with van der Waals surface area (Å²) in [5, 5.41) is 5.85. The molecule has 0 bridgehead atoms. The highest BCUT2D eigenvalue weighted by atomic mass is 16.5. The lowest BCUT2D eigenvalue weighted by atomic mass is 10.0. The molecule has 3 aromatic rings. The Morgan fingerprint density at radius 2 is 1.57 bits per heavy atom. The van der Waals surface area contributed by atoms with E-state index < -0.39 is 0 Å². The van der Waals surface area contributed by atoms with Gasteiger partial charge in [-0.05, 0) is 41.6 Å². The van der Waals surface area contributed by atoms with Gasteiger partial charge in [0.2, 0.25) is 0 Å². The molecule has 2 heteroatoms. The number of ether oxygens (including phenoxy) is 1. The van der Waals surface area contributed by atoms with Crippen LogP contribution in [-0.4, -0.2) is 13.7 Å². The maximum Gasteiger partial charge on any atom is 0.119 e. The van der Waals surface area contributed by atoms with Crippen LogP contribution in [0.3, 0.4) is 0 Å². The molecule has 0 amide bonds. The largest absolute Gasteiger partial charge is 0.492 e. The van der Waals surface area contributed by atoms with Crippen LogP contribution >= 0.6 is 0 Å². The first-order valence-corrected chi connectivity index (χ1v) is 7.20. The zero-order valence-corrected chi connectivity index (χ0v) is 12.1. The first kappa shape index (κ1) is 13.7. The number of hydrogen-bond donors (Lipinski definition) is 1. The Morgan fingerprint density at radius 3 is 2.33 bits per heavy atom. The minimum absolute atomic E-state index is 0.176. The minimum atomic E-state index is 0.176. The molecule has 0 fully saturated rings. The third-order valence-corrected chi connectivity index (χ3v) is 3.68. The third-order valence-electron chi connectivity index (χ3n) is 3.68. The van der Waals surface area contributed by atoms with Gasteiger partial charge in [0.25, 0.3) is 0 Å². The summed E-state index contributed by atoms with van der Waals surface area (Å²) in [7, 11) is 1.97. The van der Waals surface area contributed by atoms with Gasteiger partial charge in [0.05, 0.1) is 6.04 Å². The van der Waals surface area contributed by atoms with E-state index in [0.29, 0.717) is 6.61 Å². The molecule has 0 heterocycles. The topological polar surface area (TPSA) is 21.3 Å². The van der Waals surface area contributed by atoms with E-state index in [1.165, 1.54) is 16.3 Å². The first-order chi connectivity index (χ1) is 10.4. The highest BCUT2D eigenvalue weighted by Gasteiger charge is 2.10. The summed E-state index contributed by atoms with van der Waals surface area (Å²) >= 11 is 0. The van der Waals surface area contributed by atoms with Crippen molar-refractivity contribution in [3.63, 3.8) is 0 Å². The van der Waals surface area contributed by atoms with Gasteiger partial charge < -0.3 is 10.1 Å². The summed E-state index contributed by atoms with van der Waals surface area (Å²) in [6, 6.07) is 25.1. The fraction of sp³-hybridized carbons (Fsp3) is 0.158. The Hall–Kier alpha value is -2.32. The van der Waals surface area contributed by atoms with Gasteiger partial charge in [-0.2, -0.15) is 0 Å². The molecule has 1 atom stereocenters. The van der Waals surface area contributed by atoms with Gasteiger partial charge >= 0.3 is 0 Å². The number of rotatable bonds is 5. The summed E-state index contributed by atoms with van der Waals surface area (Å²) in [4.78, 5) is 0. The molecule has 3 aromatic carbocycles. The van der Waals surface area contributed by atoms with Gasteiger partial charge in [0.1, 0.15) is 12.4 Å². The number of hydrogen-bond acceptors (Lipinski definition) is 2. The molecule has 0 saturated carbocycles. The minimum Gasteiger partial charge on any atom is -0.492 e. The molecular weight excluding hydrogens is 258 g/mol. The zero-order valence-electron chi connectivity index (χ0n) is 12.1. The Morgan fingerprint density at radius 1 is 0.857 bits per heavy atom. The number of nitrogens with one attached hydrogen (secondary N) is 1. The predicted octanol–water partition coefficient (Wildman–Crippen LogP) is 4.18. The average Bonchev–Trinajstić information content (AvgIpc) is 2.56. The first-order valence-electron chi connectivity index (χ1n) is 7.20. The molecular formula is C19H19NO. The van der Waals surface area contributed by atoms with Crippen LogP contribution < -0.4 is 10.1 Å². The lowest BCUT2D eigenvalue weighted by Gasteiger charge is -2.18. The van der Waals surface area contributed by atoms with Crippen LogP contribution in [0.25, 0.3) is 10.8 Å². The van der Waals surface area contributed by atoms with Gasteiger partial charge in [-0.1, -0.05) is 54.6 Å². The fourth-order valence-corrected chi connectivity index (χ4v) is 2.47. The van der Waals surface area contributed by atoms with Crippen LogP contribution in [0.2, 0.25) is 0 Å². The molecule has 0 aliphatic carbocycles. The molecule has 2 nitrogen and oxygen atoms in total. The zero-order chi connectivity index (χ0) is 14.5. The van der Waals surface area contributed by atoms with Gasteiger partial charge in [0.15, 0.2) is 0 Å². The van der Waals surface area contributed by atoms with Crippen molar-refractivity contribution in [3.05, 3.63) is 78.4 Å². The fourth-order valence-electron chi connectivity index (χ4n) is 2.47. The lowest BCUT2D eigenvalue weighted by molar-refractivity contribution is 0.273. The second-order valence-corrected chi connectivity index (χ2v) is 5.07. The second-order valence-electron chi connectivity index (χ2n) is 5.07. The van der Waals surface area contributed by atoms with Crippen molar-refractivity contribution in [2.24, 2.45) is 0 Å². The summed E-state index contributed by atoms with van der Waals surface area (Å²) in [5.41, 5.74) is 1.24. The number of likely N-dealkylation sites (N-methyl/N-ethyl adjacent to an activating group) is 1. The number of benzene rings is 3. The van der Waals surface area contributed by atoms with E-state index in [0.717, 1.165) is 5.75 Å². The van der Waals surface area contributed by atoms with E-state index in [4.69, 9.17) is 4.74 Å². The van der Waals surface area contributed by atoms with E-state index in [2.05, 4.69) is 47.8 Å². The molecule has 21 heavy (non-hydrogen) atoms. The predicted molar refractivity (Wildman–Crippen MR) is 87.7 cm³/mol. The summed E-state index contributed by atoms with van der Waals surface area (Å²) in [6.45, 7) is 0.610. The van der Waals surface area contributed by atoms with Crippen molar-refractivity contribution in [2.75, 3.05) is 13.7 Å². The molecule has 3 rings (SSSR count). The Kier molecular flexibility index (Phi) is 4.17. The van der Waals surface area contributed by atoms with Crippen molar-refractivity contribution < 1.29 is 4.74 Å². The standard InChI is InChI=1S/C19H19NO/c1-20-19(14-21-18-9-3-2-4-10-18)17-12-11-15-7-5-6-8-16(15)13-17/h2-13,19-20H,14H2,1H3. The van der Waals surface area contributed by atoms with Gasteiger partial charge in [0, 0.05) is 0 Å². The lowest BCUT2D eigenvalue weighted by Crippen LogP contribution is -2.23. The monoisotopic (exact) mass is 277 g/mol. The van der Waals surface area contributed by atoms with Crippen molar-refractivity contribution >= 4 is 10.8 Å². The SMILES string of the molecule is CNC(COc1ccccc1)c1ccc2ccccc2c1. The molecule has 1 unspecified atom stereocenters.